The Morgan fingerprint density at radius 3 is 2.39 bits per heavy atom. The largest absolute Gasteiger partial charge is 0.321 e. The van der Waals surface area contributed by atoms with Gasteiger partial charge < -0.3 is 5.32 Å². The van der Waals surface area contributed by atoms with Crippen molar-refractivity contribution < 1.29 is 14.4 Å². The van der Waals surface area contributed by atoms with Crippen LogP contribution in [0.1, 0.15) is 43.6 Å². The normalized spacial score (nSPS) is 11.0. The van der Waals surface area contributed by atoms with E-state index in [0.29, 0.717) is 16.1 Å². The lowest BCUT2D eigenvalue weighted by Crippen LogP contribution is -2.24. The molecule has 0 fully saturated rings. The number of Topliss-reactive ketones (excluding diaryl/α,β-unsaturated/α-hetero) is 1. The Bertz CT molecular complexity index is 1160. The summed E-state index contributed by atoms with van der Waals surface area (Å²) < 4.78 is 0. The second-order valence-corrected chi connectivity index (χ2v) is 7.16. The minimum atomic E-state index is -0.625. The molecule has 156 valence electrons. The van der Waals surface area contributed by atoms with Crippen molar-refractivity contribution in [3.63, 3.8) is 0 Å². The van der Waals surface area contributed by atoms with E-state index in [9.17, 15) is 14.4 Å². The molecule has 3 rings (SSSR count). The number of rotatable bonds is 6. The number of nitrogens with zero attached hydrogens (tertiary/aromatic N) is 2. The van der Waals surface area contributed by atoms with E-state index in [4.69, 9.17) is 11.6 Å². The van der Waals surface area contributed by atoms with Gasteiger partial charge in [-0.3, -0.25) is 19.4 Å². The fourth-order valence-corrected chi connectivity index (χ4v) is 2.84. The average molecular weight is 435 g/mol. The number of aryl methyl sites for hydroxylation is 1. The summed E-state index contributed by atoms with van der Waals surface area (Å²) in [5, 5.41) is 6.88. The Morgan fingerprint density at radius 1 is 0.968 bits per heavy atom. The van der Waals surface area contributed by atoms with Crippen LogP contribution in [0, 0.1) is 6.92 Å². The monoisotopic (exact) mass is 434 g/mol. The summed E-state index contributed by atoms with van der Waals surface area (Å²) in [4.78, 5) is 41.5. The Morgan fingerprint density at radius 2 is 1.71 bits per heavy atom. The van der Waals surface area contributed by atoms with Gasteiger partial charge in [0.25, 0.3) is 11.8 Å². The Hall–Kier alpha value is -3.84. The number of hydrogen-bond donors (Lipinski definition) is 2. The molecule has 31 heavy (non-hydrogen) atoms. The molecule has 3 aromatic rings. The lowest BCUT2D eigenvalue weighted by atomic mass is 10.1. The SMILES string of the molecule is C/C(=N/NC(=O)c1cc(Cl)ccc1NC(=O)c1cccnc1)C(=O)c1ccc(C)cc1. The van der Waals surface area contributed by atoms with Crippen LogP contribution in [0.3, 0.4) is 0 Å². The van der Waals surface area contributed by atoms with E-state index >= 15 is 0 Å². The van der Waals surface area contributed by atoms with Crippen LogP contribution in [0.15, 0.2) is 72.1 Å². The number of hydrazone groups is 1. The molecule has 0 spiro atoms. The van der Waals surface area contributed by atoms with Gasteiger partial charge in [-0.1, -0.05) is 41.4 Å². The average Bonchev–Trinajstić information content (AvgIpc) is 2.79. The minimum absolute atomic E-state index is 0.101. The molecule has 0 bridgehead atoms. The molecular weight excluding hydrogens is 416 g/mol. The highest BCUT2D eigenvalue weighted by atomic mass is 35.5. The maximum Gasteiger partial charge on any atom is 0.273 e. The number of anilines is 1. The standard InChI is InChI=1S/C23H19ClN4O3/c1-14-5-7-16(8-6-14)21(29)15(2)27-28-23(31)19-12-18(24)9-10-20(19)26-22(30)17-4-3-11-25-13-17/h3-13H,1-2H3,(H,26,30)(H,28,31)/b27-15-. The van der Waals surface area contributed by atoms with Crippen LogP contribution in [0.25, 0.3) is 0 Å². The Kier molecular flexibility index (Phi) is 6.89. The molecule has 1 heterocycles. The summed E-state index contributed by atoms with van der Waals surface area (Å²) in [5.74, 6) is -1.37. The molecule has 2 aromatic carbocycles. The summed E-state index contributed by atoms with van der Waals surface area (Å²) in [7, 11) is 0. The van der Waals surface area contributed by atoms with Gasteiger partial charge in [-0.15, -0.1) is 0 Å². The molecule has 0 atom stereocenters. The number of nitrogens with one attached hydrogen (secondary N) is 2. The van der Waals surface area contributed by atoms with Gasteiger partial charge >= 0.3 is 0 Å². The first kappa shape index (κ1) is 21.9. The van der Waals surface area contributed by atoms with Crippen LogP contribution >= 0.6 is 11.6 Å². The third-order valence-electron chi connectivity index (χ3n) is 4.37. The van der Waals surface area contributed by atoms with Gasteiger partial charge in [0.05, 0.1) is 16.8 Å². The first-order valence-corrected chi connectivity index (χ1v) is 9.70. The number of aromatic nitrogens is 1. The van der Waals surface area contributed by atoms with Gasteiger partial charge in [-0.05, 0) is 44.2 Å². The van der Waals surface area contributed by atoms with Gasteiger partial charge in [0, 0.05) is 23.0 Å². The maximum absolute atomic E-state index is 12.7. The fourth-order valence-electron chi connectivity index (χ4n) is 2.66. The molecule has 0 saturated heterocycles. The molecule has 1 aromatic heterocycles. The van der Waals surface area contributed by atoms with Gasteiger partial charge in [-0.2, -0.15) is 5.10 Å². The van der Waals surface area contributed by atoms with Crippen molar-refractivity contribution in [3.8, 4) is 0 Å². The second kappa shape index (κ2) is 9.77. The van der Waals surface area contributed by atoms with E-state index in [1.54, 1.807) is 36.5 Å². The Balaban J connectivity index is 1.77. The number of hydrogen-bond acceptors (Lipinski definition) is 5. The van der Waals surface area contributed by atoms with Crippen molar-refractivity contribution in [2.24, 2.45) is 5.10 Å². The van der Waals surface area contributed by atoms with E-state index in [1.165, 1.54) is 25.3 Å². The molecule has 0 saturated carbocycles. The van der Waals surface area contributed by atoms with Gasteiger partial charge in [0.1, 0.15) is 5.71 Å². The van der Waals surface area contributed by atoms with Crippen molar-refractivity contribution in [1.82, 2.24) is 10.4 Å². The van der Waals surface area contributed by atoms with Crippen molar-refractivity contribution >= 4 is 40.6 Å². The highest BCUT2D eigenvalue weighted by molar-refractivity contribution is 6.45. The number of ketones is 1. The smallest absolute Gasteiger partial charge is 0.273 e. The van der Waals surface area contributed by atoms with E-state index in [-0.39, 0.29) is 22.7 Å². The topological polar surface area (TPSA) is 101 Å². The molecule has 2 N–H and O–H groups in total. The lowest BCUT2D eigenvalue weighted by molar-refractivity contribution is 0.0955. The summed E-state index contributed by atoms with van der Waals surface area (Å²) in [5.41, 5.74) is 4.63. The van der Waals surface area contributed by atoms with Crippen LogP contribution in [0.5, 0.6) is 0 Å². The van der Waals surface area contributed by atoms with E-state index < -0.39 is 11.8 Å². The number of pyridine rings is 1. The van der Waals surface area contributed by atoms with Crippen molar-refractivity contribution in [2.75, 3.05) is 5.32 Å². The Labute approximate surface area is 184 Å². The number of halogens is 1. The zero-order chi connectivity index (χ0) is 22.4. The molecule has 0 unspecified atom stereocenters. The molecule has 0 aliphatic rings. The highest BCUT2D eigenvalue weighted by Gasteiger charge is 2.16. The molecule has 0 aliphatic heterocycles. The predicted molar refractivity (Wildman–Crippen MR) is 120 cm³/mol. The fraction of sp³-hybridized carbons (Fsp3) is 0.0870. The minimum Gasteiger partial charge on any atom is -0.321 e. The molecular formula is C23H19ClN4O3. The van der Waals surface area contributed by atoms with E-state index in [2.05, 4.69) is 20.8 Å². The summed E-state index contributed by atoms with van der Waals surface area (Å²) in [6, 6.07) is 14.7. The van der Waals surface area contributed by atoms with Crippen molar-refractivity contribution in [1.29, 1.82) is 0 Å². The second-order valence-electron chi connectivity index (χ2n) is 6.72. The number of carbonyl (C=O) groups excluding carboxylic acids is 3. The van der Waals surface area contributed by atoms with Crippen molar-refractivity contribution in [3.05, 3.63) is 94.3 Å². The van der Waals surface area contributed by atoms with Gasteiger partial charge in [-0.25, -0.2) is 5.43 Å². The molecule has 8 heteroatoms. The first-order valence-electron chi connectivity index (χ1n) is 9.32. The van der Waals surface area contributed by atoms with Gasteiger partial charge in [0.2, 0.25) is 5.78 Å². The highest BCUT2D eigenvalue weighted by Crippen LogP contribution is 2.21. The van der Waals surface area contributed by atoms with Crippen LogP contribution in [0.2, 0.25) is 5.02 Å². The summed E-state index contributed by atoms with van der Waals surface area (Å²) in [6.07, 6.45) is 2.96. The zero-order valence-corrected chi connectivity index (χ0v) is 17.6. The third-order valence-corrected chi connectivity index (χ3v) is 4.60. The molecule has 0 aliphatic carbocycles. The molecule has 7 nitrogen and oxygen atoms in total. The maximum atomic E-state index is 12.7. The predicted octanol–water partition coefficient (Wildman–Crippen LogP) is 4.28. The van der Waals surface area contributed by atoms with Gasteiger partial charge in [0.15, 0.2) is 0 Å². The number of carbonyl (C=O) groups is 3. The summed E-state index contributed by atoms with van der Waals surface area (Å²) in [6.45, 7) is 3.43. The number of amides is 2. The van der Waals surface area contributed by atoms with Crippen molar-refractivity contribution in [2.45, 2.75) is 13.8 Å². The zero-order valence-electron chi connectivity index (χ0n) is 16.8. The molecule has 2 amide bonds. The van der Waals surface area contributed by atoms with E-state index in [1.807, 2.05) is 19.1 Å². The number of benzene rings is 2. The quantitative estimate of drug-likeness (QED) is 0.343. The first-order chi connectivity index (χ1) is 14.8. The third kappa shape index (κ3) is 5.61. The van der Waals surface area contributed by atoms with Crippen LogP contribution in [-0.2, 0) is 0 Å². The molecule has 0 radical (unpaired) electrons. The van der Waals surface area contributed by atoms with E-state index in [0.717, 1.165) is 5.56 Å². The van der Waals surface area contributed by atoms with Crippen LogP contribution in [0.4, 0.5) is 5.69 Å². The lowest BCUT2D eigenvalue weighted by Gasteiger charge is -2.11. The summed E-state index contributed by atoms with van der Waals surface area (Å²) >= 11 is 6.03. The van der Waals surface area contributed by atoms with Crippen LogP contribution in [-0.4, -0.2) is 28.3 Å². The van der Waals surface area contributed by atoms with Crippen LogP contribution < -0.4 is 10.7 Å².